The van der Waals surface area contributed by atoms with E-state index in [4.69, 9.17) is 10.7 Å². The van der Waals surface area contributed by atoms with Crippen LogP contribution in [-0.4, -0.2) is 18.2 Å². The van der Waals surface area contributed by atoms with Gasteiger partial charge in [0.15, 0.2) is 0 Å². The molecule has 1 N–H and O–H groups in total. The third kappa shape index (κ3) is 3.18. The highest BCUT2D eigenvalue weighted by molar-refractivity contribution is 6.03. The van der Waals surface area contributed by atoms with Crippen LogP contribution in [0, 0.1) is 28.1 Å². The lowest BCUT2D eigenvalue weighted by Crippen LogP contribution is -2.60. The van der Waals surface area contributed by atoms with Crippen molar-refractivity contribution in [2.75, 3.05) is 4.90 Å². The van der Waals surface area contributed by atoms with Crippen molar-refractivity contribution in [3.05, 3.63) is 41.6 Å². The summed E-state index contributed by atoms with van der Waals surface area (Å²) in [5.41, 5.74) is -6.70. The first-order valence-corrected chi connectivity index (χ1v) is 7.36. The summed E-state index contributed by atoms with van der Waals surface area (Å²) in [4.78, 5) is 0.573. The van der Waals surface area contributed by atoms with Crippen molar-refractivity contribution in [2.24, 2.45) is 11.3 Å². The van der Waals surface area contributed by atoms with Crippen LogP contribution in [0.15, 0.2) is 36.0 Å². The molecule has 0 radical (unpaired) electrons. The fraction of sp³-hybridized carbons (Fsp3) is 0.375. The van der Waals surface area contributed by atoms with Crippen LogP contribution in [0.5, 0.6) is 0 Å². The molecule has 0 spiro atoms. The number of anilines is 1. The van der Waals surface area contributed by atoms with Crippen molar-refractivity contribution < 1.29 is 39.5 Å². The molecule has 0 bridgehead atoms. The molecule has 0 saturated heterocycles. The molecule has 1 unspecified atom stereocenters. The number of rotatable bonds is 1. The lowest BCUT2D eigenvalue weighted by atomic mass is 9.70. The molecular formula is C16H10F9N3. The van der Waals surface area contributed by atoms with Crippen molar-refractivity contribution in [3.8, 4) is 6.07 Å². The van der Waals surface area contributed by atoms with E-state index in [-0.39, 0.29) is 11.8 Å². The molecule has 1 aromatic carbocycles. The summed E-state index contributed by atoms with van der Waals surface area (Å²) in [6.45, 7) is 0.839. The molecule has 0 saturated carbocycles. The summed E-state index contributed by atoms with van der Waals surface area (Å²) in [6, 6.07) is 3.59. The van der Waals surface area contributed by atoms with Crippen LogP contribution in [0.4, 0.5) is 45.2 Å². The van der Waals surface area contributed by atoms with Crippen LogP contribution in [-0.2, 0) is 6.18 Å². The van der Waals surface area contributed by atoms with Gasteiger partial charge < -0.3 is 4.90 Å². The number of halogens is 9. The standard InChI is InChI=1S/C16H10F9N3/c1-8-6-13(15(20,21)22,16(23,24)25)11(7-26)12(27)28(8)10-4-2-9(3-5-10)14(17,18)19/h2-6,11,27H,1H3. The Bertz CT molecular complexity index is 825. The molecule has 0 aliphatic carbocycles. The van der Waals surface area contributed by atoms with Gasteiger partial charge in [0.1, 0.15) is 11.8 Å². The zero-order chi connectivity index (χ0) is 21.7. The molecule has 152 valence electrons. The first-order chi connectivity index (χ1) is 12.6. The third-order valence-corrected chi connectivity index (χ3v) is 4.28. The minimum absolute atomic E-state index is 0.212. The number of alkyl halides is 9. The number of benzene rings is 1. The number of amidine groups is 1. The molecule has 1 atom stereocenters. The summed E-state index contributed by atoms with van der Waals surface area (Å²) in [7, 11) is 0. The second kappa shape index (κ2) is 6.42. The molecular weight excluding hydrogens is 405 g/mol. The fourth-order valence-electron chi connectivity index (χ4n) is 2.97. The fourth-order valence-corrected chi connectivity index (χ4v) is 2.97. The van der Waals surface area contributed by atoms with Crippen molar-refractivity contribution in [2.45, 2.75) is 25.5 Å². The highest BCUT2D eigenvalue weighted by atomic mass is 19.4. The number of nitriles is 1. The quantitative estimate of drug-likeness (QED) is 0.602. The second-order valence-corrected chi connectivity index (χ2v) is 5.98. The molecule has 0 aromatic heterocycles. The first kappa shape index (κ1) is 21.6. The molecule has 0 amide bonds. The van der Waals surface area contributed by atoms with Crippen LogP contribution < -0.4 is 4.90 Å². The van der Waals surface area contributed by atoms with Crippen molar-refractivity contribution in [1.29, 1.82) is 10.7 Å². The van der Waals surface area contributed by atoms with E-state index in [1.54, 1.807) is 0 Å². The molecule has 28 heavy (non-hydrogen) atoms. The summed E-state index contributed by atoms with van der Waals surface area (Å²) < 4.78 is 119. The Labute approximate surface area is 152 Å². The van der Waals surface area contributed by atoms with E-state index >= 15 is 0 Å². The van der Waals surface area contributed by atoms with E-state index in [0.29, 0.717) is 17.0 Å². The Morgan fingerprint density at radius 1 is 0.964 bits per heavy atom. The van der Waals surface area contributed by atoms with E-state index in [1.165, 1.54) is 0 Å². The molecule has 1 heterocycles. The van der Waals surface area contributed by atoms with Gasteiger partial charge in [-0.3, -0.25) is 5.41 Å². The average molecular weight is 415 g/mol. The maximum Gasteiger partial charge on any atom is 0.416 e. The SMILES string of the molecule is CC1=CC(C(F)(F)F)(C(F)(F)F)C(C#N)C(=N)N1c1ccc(C(F)(F)F)cc1. The van der Waals surface area contributed by atoms with E-state index in [9.17, 15) is 39.5 Å². The zero-order valence-corrected chi connectivity index (χ0v) is 13.8. The van der Waals surface area contributed by atoms with Crippen LogP contribution >= 0.6 is 0 Å². The number of hydrogen-bond acceptors (Lipinski definition) is 2. The second-order valence-electron chi connectivity index (χ2n) is 5.98. The minimum atomic E-state index is -5.94. The van der Waals surface area contributed by atoms with Gasteiger partial charge >= 0.3 is 18.5 Å². The molecule has 0 fully saturated rings. The maximum atomic E-state index is 13.4. The molecule has 12 heteroatoms. The largest absolute Gasteiger partial charge is 0.416 e. The van der Waals surface area contributed by atoms with Gasteiger partial charge in [-0.25, -0.2) is 0 Å². The zero-order valence-electron chi connectivity index (χ0n) is 13.8. The lowest BCUT2D eigenvalue weighted by molar-refractivity contribution is -0.327. The summed E-state index contributed by atoms with van der Waals surface area (Å²) in [5, 5.41) is 16.8. The highest BCUT2D eigenvalue weighted by Crippen LogP contribution is 2.58. The number of allylic oxidation sites excluding steroid dienone is 2. The number of nitrogens with one attached hydrogen (secondary N) is 1. The molecule has 1 aromatic rings. The van der Waals surface area contributed by atoms with Gasteiger partial charge in [0.2, 0.25) is 5.41 Å². The van der Waals surface area contributed by atoms with E-state index in [2.05, 4.69) is 0 Å². The monoisotopic (exact) mass is 415 g/mol. The van der Waals surface area contributed by atoms with Crippen molar-refractivity contribution >= 4 is 11.5 Å². The normalized spacial score (nSPS) is 20.6. The topological polar surface area (TPSA) is 50.9 Å². The Morgan fingerprint density at radius 3 is 1.79 bits per heavy atom. The molecule has 1 aliphatic heterocycles. The first-order valence-electron chi connectivity index (χ1n) is 7.36. The van der Waals surface area contributed by atoms with Crippen LogP contribution in [0.3, 0.4) is 0 Å². The van der Waals surface area contributed by atoms with Gasteiger partial charge in [-0.2, -0.15) is 44.8 Å². The Morgan fingerprint density at radius 2 is 1.43 bits per heavy atom. The smallest absolute Gasteiger partial charge is 0.302 e. The summed E-state index contributed by atoms with van der Waals surface area (Å²) in [5.74, 6) is -4.34. The highest BCUT2D eigenvalue weighted by Gasteiger charge is 2.75. The predicted molar refractivity (Wildman–Crippen MR) is 79.1 cm³/mol. The summed E-state index contributed by atoms with van der Waals surface area (Å²) in [6.07, 6.45) is -16.8. The van der Waals surface area contributed by atoms with Gasteiger partial charge in [0.05, 0.1) is 11.6 Å². The van der Waals surface area contributed by atoms with Gasteiger partial charge in [-0.15, -0.1) is 0 Å². The van der Waals surface area contributed by atoms with Crippen molar-refractivity contribution in [1.82, 2.24) is 0 Å². The van der Waals surface area contributed by atoms with E-state index in [0.717, 1.165) is 25.1 Å². The van der Waals surface area contributed by atoms with Crippen LogP contribution in [0.1, 0.15) is 12.5 Å². The number of hydrogen-bond donors (Lipinski definition) is 1. The third-order valence-electron chi connectivity index (χ3n) is 4.28. The van der Waals surface area contributed by atoms with Gasteiger partial charge in [0, 0.05) is 11.4 Å². The van der Waals surface area contributed by atoms with Gasteiger partial charge in [-0.05, 0) is 37.3 Å². The maximum absolute atomic E-state index is 13.4. The summed E-state index contributed by atoms with van der Waals surface area (Å²) >= 11 is 0. The molecule has 3 nitrogen and oxygen atoms in total. The Hall–Kier alpha value is -2.71. The van der Waals surface area contributed by atoms with E-state index < -0.39 is 47.0 Å². The lowest BCUT2D eigenvalue weighted by Gasteiger charge is -2.45. The van der Waals surface area contributed by atoms with Crippen LogP contribution in [0.2, 0.25) is 0 Å². The molecule has 2 rings (SSSR count). The Kier molecular flexibility index (Phi) is 4.95. The van der Waals surface area contributed by atoms with Gasteiger partial charge in [0.25, 0.3) is 0 Å². The Balaban J connectivity index is 2.67. The number of nitrogens with zero attached hydrogens (tertiary/aromatic N) is 2. The van der Waals surface area contributed by atoms with Crippen LogP contribution in [0.25, 0.3) is 0 Å². The average Bonchev–Trinajstić information content (AvgIpc) is 2.51. The van der Waals surface area contributed by atoms with Crippen molar-refractivity contribution in [3.63, 3.8) is 0 Å². The van der Waals surface area contributed by atoms with Gasteiger partial charge in [-0.1, -0.05) is 0 Å². The minimum Gasteiger partial charge on any atom is -0.302 e. The predicted octanol–water partition coefficient (Wildman–Crippen LogP) is 5.66. The molecule has 1 aliphatic rings. The van der Waals surface area contributed by atoms with E-state index in [1.807, 2.05) is 0 Å².